The first kappa shape index (κ1) is 13.3. The van der Waals surface area contributed by atoms with E-state index in [1.807, 2.05) is 0 Å². The molecule has 2 aromatic rings. The lowest BCUT2D eigenvalue weighted by atomic mass is 10.2. The van der Waals surface area contributed by atoms with Gasteiger partial charge in [0.25, 0.3) is 0 Å². The normalized spacial score (nSPS) is 19.4. The Labute approximate surface area is 121 Å². The molecule has 0 spiro atoms. The van der Waals surface area contributed by atoms with Crippen LogP contribution in [0, 0.1) is 6.92 Å². The van der Waals surface area contributed by atoms with E-state index in [-0.39, 0.29) is 5.91 Å². The first-order valence-corrected chi connectivity index (χ1v) is 7.61. The number of aromatic nitrogens is 1. The van der Waals surface area contributed by atoms with E-state index in [9.17, 15) is 4.79 Å². The van der Waals surface area contributed by atoms with Gasteiger partial charge in [-0.1, -0.05) is 11.2 Å². The van der Waals surface area contributed by atoms with E-state index < -0.39 is 0 Å². The quantitative estimate of drug-likeness (QED) is 0.941. The van der Waals surface area contributed by atoms with Crippen LogP contribution >= 0.6 is 11.3 Å². The van der Waals surface area contributed by atoms with Gasteiger partial charge in [-0.2, -0.15) is 0 Å². The first-order valence-electron chi connectivity index (χ1n) is 6.73. The van der Waals surface area contributed by atoms with Crippen molar-refractivity contribution in [3.05, 3.63) is 34.2 Å². The largest absolute Gasteiger partial charge is 0.360 e. The van der Waals surface area contributed by atoms with Crippen LogP contribution in [0.4, 0.5) is 5.82 Å². The van der Waals surface area contributed by atoms with E-state index in [0.717, 1.165) is 19.4 Å². The highest BCUT2D eigenvalue weighted by atomic mass is 32.1. The number of nitrogens with one attached hydrogen (secondary N) is 1. The van der Waals surface area contributed by atoms with Crippen LogP contribution < -0.4 is 5.32 Å². The summed E-state index contributed by atoms with van der Waals surface area (Å²) >= 11 is 1.76. The molecule has 3 rings (SSSR count). The van der Waals surface area contributed by atoms with Gasteiger partial charge in [0, 0.05) is 17.0 Å². The van der Waals surface area contributed by atoms with Crippen molar-refractivity contribution >= 4 is 23.1 Å². The summed E-state index contributed by atoms with van der Waals surface area (Å²) in [4.78, 5) is 15.6. The van der Waals surface area contributed by atoms with Crippen LogP contribution in [0.3, 0.4) is 0 Å². The highest BCUT2D eigenvalue weighted by Gasteiger charge is 2.28. The van der Waals surface area contributed by atoms with Gasteiger partial charge in [-0.15, -0.1) is 11.3 Å². The van der Waals surface area contributed by atoms with Gasteiger partial charge in [0.1, 0.15) is 5.76 Å². The van der Waals surface area contributed by atoms with Crippen LogP contribution in [0.5, 0.6) is 0 Å². The van der Waals surface area contributed by atoms with Gasteiger partial charge >= 0.3 is 0 Å². The predicted molar refractivity (Wildman–Crippen MR) is 77.7 cm³/mol. The Kier molecular flexibility index (Phi) is 3.84. The van der Waals surface area contributed by atoms with Crippen molar-refractivity contribution in [3.63, 3.8) is 0 Å². The second-order valence-electron chi connectivity index (χ2n) is 5.01. The lowest BCUT2D eigenvalue weighted by molar-refractivity contribution is -0.117. The van der Waals surface area contributed by atoms with Gasteiger partial charge in [0.15, 0.2) is 5.82 Å². The van der Waals surface area contributed by atoms with Crippen LogP contribution in [0.15, 0.2) is 28.1 Å². The van der Waals surface area contributed by atoms with Crippen LogP contribution in [-0.2, 0) is 4.79 Å². The number of carbonyl (C=O) groups excluding carboxylic acids is 1. The summed E-state index contributed by atoms with van der Waals surface area (Å²) in [7, 11) is 0. The van der Waals surface area contributed by atoms with Crippen molar-refractivity contribution in [2.75, 3.05) is 18.4 Å². The maximum absolute atomic E-state index is 12.1. The summed E-state index contributed by atoms with van der Waals surface area (Å²) in [6, 6.07) is 6.31. The SMILES string of the molecule is Cc1cc(NC(=O)CN2CCCC2c2cccs2)no1. The Morgan fingerprint density at radius 3 is 3.25 bits per heavy atom. The molecule has 1 amide bonds. The topological polar surface area (TPSA) is 58.4 Å². The molecule has 1 fully saturated rings. The zero-order valence-electron chi connectivity index (χ0n) is 11.3. The Balaban J connectivity index is 1.60. The fraction of sp³-hybridized carbons (Fsp3) is 0.429. The number of nitrogens with zero attached hydrogens (tertiary/aromatic N) is 2. The van der Waals surface area contributed by atoms with Gasteiger partial charge in [-0.25, -0.2) is 0 Å². The molecule has 106 valence electrons. The summed E-state index contributed by atoms with van der Waals surface area (Å²) in [5.41, 5.74) is 0. The monoisotopic (exact) mass is 291 g/mol. The third kappa shape index (κ3) is 2.91. The molecule has 6 heteroatoms. The number of likely N-dealkylation sites (tertiary alicyclic amines) is 1. The second-order valence-corrected chi connectivity index (χ2v) is 5.99. The first-order chi connectivity index (χ1) is 9.72. The van der Waals surface area contributed by atoms with Crippen LogP contribution in [0.1, 0.15) is 29.5 Å². The van der Waals surface area contributed by atoms with E-state index in [4.69, 9.17) is 4.52 Å². The van der Waals surface area contributed by atoms with Crippen molar-refractivity contribution in [2.24, 2.45) is 0 Å². The molecular weight excluding hydrogens is 274 g/mol. The zero-order valence-corrected chi connectivity index (χ0v) is 12.2. The average molecular weight is 291 g/mol. The lowest BCUT2D eigenvalue weighted by Gasteiger charge is -2.22. The second kappa shape index (κ2) is 5.76. The predicted octanol–water partition coefficient (Wildman–Crippen LogP) is 2.82. The van der Waals surface area contributed by atoms with E-state index in [1.165, 1.54) is 4.88 Å². The number of anilines is 1. The molecule has 0 aliphatic carbocycles. The molecule has 2 aromatic heterocycles. The maximum Gasteiger partial charge on any atom is 0.239 e. The number of hydrogen-bond acceptors (Lipinski definition) is 5. The van der Waals surface area contributed by atoms with E-state index >= 15 is 0 Å². The molecule has 20 heavy (non-hydrogen) atoms. The maximum atomic E-state index is 12.1. The molecule has 0 bridgehead atoms. The Morgan fingerprint density at radius 1 is 1.65 bits per heavy atom. The van der Waals surface area contributed by atoms with Crippen LogP contribution in [0.2, 0.25) is 0 Å². The molecule has 1 unspecified atom stereocenters. The fourth-order valence-electron chi connectivity index (χ4n) is 2.61. The number of amides is 1. The van der Waals surface area contributed by atoms with E-state index in [2.05, 4.69) is 32.9 Å². The molecule has 1 atom stereocenters. The van der Waals surface area contributed by atoms with Crippen molar-refractivity contribution < 1.29 is 9.32 Å². The minimum Gasteiger partial charge on any atom is -0.360 e. The highest BCUT2D eigenvalue weighted by Crippen LogP contribution is 2.34. The summed E-state index contributed by atoms with van der Waals surface area (Å²) in [6.07, 6.45) is 2.26. The van der Waals surface area contributed by atoms with Gasteiger partial charge in [-0.05, 0) is 37.8 Å². The van der Waals surface area contributed by atoms with E-state index in [1.54, 1.807) is 24.3 Å². The Hall–Kier alpha value is -1.66. The van der Waals surface area contributed by atoms with Gasteiger partial charge in [-0.3, -0.25) is 9.69 Å². The van der Waals surface area contributed by atoms with Crippen LogP contribution in [0.25, 0.3) is 0 Å². The number of hydrogen-bond donors (Lipinski definition) is 1. The molecular formula is C14H17N3O2S. The van der Waals surface area contributed by atoms with Gasteiger partial charge in [0.05, 0.1) is 6.54 Å². The smallest absolute Gasteiger partial charge is 0.239 e. The molecule has 3 heterocycles. The lowest BCUT2D eigenvalue weighted by Crippen LogP contribution is -2.32. The number of aryl methyl sites for hydroxylation is 1. The minimum atomic E-state index is -0.0400. The standard InChI is InChI=1S/C14H17N3O2S/c1-10-8-13(16-19-10)15-14(18)9-17-6-2-4-11(17)12-5-3-7-20-12/h3,5,7-8,11H,2,4,6,9H2,1H3,(H,15,16,18). The molecule has 0 saturated carbocycles. The van der Waals surface area contributed by atoms with E-state index in [0.29, 0.717) is 24.2 Å². The average Bonchev–Trinajstić information content (AvgIpc) is 3.10. The van der Waals surface area contributed by atoms with Crippen molar-refractivity contribution in [2.45, 2.75) is 25.8 Å². The molecule has 1 aliphatic heterocycles. The highest BCUT2D eigenvalue weighted by molar-refractivity contribution is 7.10. The molecule has 5 nitrogen and oxygen atoms in total. The summed E-state index contributed by atoms with van der Waals surface area (Å²) in [6.45, 7) is 3.16. The Morgan fingerprint density at radius 2 is 2.55 bits per heavy atom. The number of rotatable bonds is 4. The molecule has 0 aromatic carbocycles. The van der Waals surface area contributed by atoms with Crippen molar-refractivity contribution in [3.8, 4) is 0 Å². The number of thiophene rings is 1. The fourth-order valence-corrected chi connectivity index (χ4v) is 3.51. The van der Waals surface area contributed by atoms with Crippen LogP contribution in [-0.4, -0.2) is 29.1 Å². The third-order valence-electron chi connectivity index (χ3n) is 3.48. The van der Waals surface area contributed by atoms with Crippen molar-refractivity contribution in [1.82, 2.24) is 10.1 Å². The summed E-state index contributed by atoms with van der Waals surface area (Å²) in [5.74, 6) is 1.14. The summed E-state index contributed by atoms with van der Waals surface area (Å²) in [5, 5.41) is 8.64. The molecule has 0 radical (unpaired) electrons. The van der Waals surface area contributed by atoms with Gasteiger partial charge in [0.2, 0.25) is 5.91 Å². The zero-order chi connectivity index (χ0) is 13.9. The minimum absolute atomic E-state index is 0.0400. The Bertz CT molecular complexity index is 579. The van der Waals surface area contributed by atoms with Gasteiger partial charge < -0.3 is 9.84 Å². The summed E-state index contributed by atoms with van der Waals surface area (Å²) < 4.78 is 4.94. The number of carbonyl (C=O) groups is 1. The molecule has 1 N–H and O–H groups in total. The van der Waals surface area contributed by atoms with Crippen molar-refractivity contribution in [1.29, 1.82) is 0 Å². The third-order valence-corrected chi connectivity index (χ3v) is 4.45. The molecule has 1 saturated heterocycles. The molecule has 1 aliphatic rings.